The molecule has 2 aromatic rings. The van der Waals surface area contributed by atoms with E-state index in [1.807, 2.05) is 32.0 Å². The maximum Gasteiger partial charge on any atom is 0.224 e. The second kappa shape index (κ2) is 4.75. The minimum Gasteiger partial charge on any atom is -0.497 e. The Morgan fingerprint density at radius 1 is 1.29 bits per heavy atom. The Hall–Kier alpha value is -1.55. The molecule has 0 atom stereocenters. The van der Waals surface area contributed by atoms with E-state index in [-0.39, 0.29) is 11.3 Å². The van der Waals surface area contributed by atoms with Crippen molar-refractivity contribution in [1.29, 1.82) is 0 Å². The fraction of sp³-hybridized carbons (Fsp3) is 0.333. The SMILES string of the molecule is COc1ccc2nc(Cl)nc(NC(C)C)c2c1. The van der Waals surface area contributed by atoms with Gasteiger partial charge in [-0.1, -0.05) is 0 Å². The van der Waals surface area contributed by atoms with E-state index in [4.69, 9.17) is 16.3 Å². The van der Waals surface area contributed by atoms with Gasteiger partial charge in [0.1, 0.15) is 11.6 Å². The van der Waals surface area contributed by atoms with E-state index in [0.717, 1.165) is 22.5 Å². The second-order valence-corrected chi connectivity index (χ2v) is 4.36. The first-order valence-corrected chi connectivity index (χ1v) is 5.76. The Bertz CT molecular complexity index is 543. The molecule has 0 saturated carbocycles. The first-order valence-electron chi connectivity index (χ1n) is 5.38. The van der Waals surface area contributed by atoms with Crippen molar-refractivity contribution in [2.24, 2.45) is 0 Å². The van der Waals surface area contributed by atoms with Gasteiger partial charge in [-0.3, -0.25) is 0 Å². The standard InChI is InChI=1S/C12H14ClN3O/c1-7(2)14-11-9-6-8(17-3)4-5-10(9)15-12(13)16-11/h4-7H,1-3H3,(H,14,15,16). The van der Waals surface area contributed by atoms with E-state index in [9.17, 15) is 0 Å². The monoisotopic (exact) mass is 251 g/mol. The van der Waals surface area contributed by atoms with Crippen LogP contribution in [0.15, 0.2) is 18.2 Å². The molecule has 0 aliphatic heterocycles. The van der Waals surface area contributed by atoms with Gasteiger partial charge in [-0.05, 0) is 43.6 Å². The van der Waals surface area contributed by atoms with Crippen LogP contribution in [0.5, 0.6) is 5.75 Å². The lowest BCUT2D eigenvalue weighted by atomic mass is 10.2. The molecule has 0 aliphatic carbocycles. The Balaban J connectivity index is 2.61. The van der Waals surface area contributed by atoms with Crippen molar-refractivity contribution in [3.63, 3.8) is 0 Å². The molecular weight excluding hydrogens is 238 g/mol. The predicted octanol–water partition coefficient (Wildman–Crippen LogP) is 3.11. The lowest BCUT2D eigenvalue weighted by Crippen LogP contribution is -2.11. The molecule has 1 aromatic heterocycles. The van der Waals surface area contributed by atoms with Crippen LogP contribution >= 0.6 is 11.6 Å². The maximum atomic E-state index is 5.89. The highest BCUT2D eigenvalue weighted by molar-refractivity contribution is 6.28. The molecule has 17 heavy (non-hydrogen) atoms. The number of rotatable bonds is 3. The molecule has 1 aromatic carbocycles. The van der Waals surface area contributed by atoms with E-state index in [1.54, 1.807) is 7.11 Å². The molecule has 0 bridgehead atoms. The number of methoxy groups -OCH3 is 1. The lowest BCUT2D eigenvalue weighted by molar-refractivity contribution is 0.415. The molecular formula is C12H14ClN3O. The molecule has 1 heterocycles. The van der Waals surface area contributed by atoms with Gasteiger partial charge in [0.25, 0.3) is 0 Å². The van der Waals surface area contributed by atoms with Crippen molar-refractivity contribution in [1.82, 2.24) is 9.97 Å². The molecule has 1 N–H and O–H groups in total. The summed E-state index contributed by atoms with van der Waals surface area (Å²) in [6, 6.07) is 5.89. The van der Waals surface area contributed by atoms with Gasteiger partial charge in [0.05, 0.1) is 12.6 Å². The number of halogens is 1. The molecule has 0 spiro atoms. The number of benzene rings is 1. The Labute approximate surface area is 105 Å². The van der Waals surface area contributed by atoms with Crippen molar-refractivity contribution in [2.45, 2.75) is 19.9 Å². The number of nitrogens with one attached hydrogen (secondary N) is 1. The van der Waals surface area contributed by atoms with Crippen LogP contribution in [-0.2, 0) is 0 Å². The number of hydrogen-bond acceptors (Lipinski definition) is 4. The van der Waals surface area contributed by atoms with E-state index < -0.39 is 0 Å². The van der Waals surface area contributed by atoms with Crippen molar-refractivity contribution in [2.75, 3.05) is 12.4 Å². The number of nitrogens with zero attached hydrogens (tertiary/aromatic N) is 2. The summed E-state index contributed by atoms with van der Waals surface area (Å²) in [5.41, 5.74) is 0.800. The van der Waals surface area contributed by atoms with Gasteiger partial charge >= 0.3 is 0 Å². The highest BCUT2D eigenvalue weighted by Crippen LogP contribution is 2.26. The van der Waals surface area contributed by atoms with Gasteiger partial charge < -0.3 is 10.1 Å². The molecule has 90 valence electrons. The van der Waals surface area contributed by atoms with Gasteiger partial charge in [0.2, 0.25) is 5.28 Å². The summed E-state index contributed by atoms with van der Waals surface area (Å²) in [7, 11) is 1.63. The maximum absolute atomic E-state index is 5.89. The van der Waals surface area contributed by atoms with Crippen molar-refractivity contribution < 1.29 is 4.74 Å². The zero-order valence-electron chi connectivity index (χ0n) is 9.99. The topological polar surface area (TPSA) is 47.0 Å². The van der Waals surface area contributed by atoms with Crippen LogP contribution in [0.3, 0.4) is 0 Å². The minimum atomic E-state index is 0.241. The summed E-state index contributed by atoms with van der Waals surface area (Å²) in [6.45, 7) is 4.09. The molecule has 0 amide bonds. The Morgan fingerprint density at radius 2 is 2.06 bits per heavy atom. The lowest BCUT2D eigenvalue weighted by Gasteiger charge is -2.12. The van der Waals surface area contributed by atoms with Crippen LogP contribution in [0, 0.1) is 0 Å². The van der Waals surface area contributed by atoms with Crippen molar-refractivity contribution in [3.8, 4) is 5.75 Å². The first kappa shape index (κ1) is 11.9. The van der Waals surface area contributed by atoms with Crippen molar-refractivity contribution in [3.05, 3.63) is 23.5 Å². The third-order valence-electron chi connectivity index (χ3n) is 2.30. The second-order valence-electron chi connectivity index (χ2n) is 4.02. The zero-order chi connectivity index (χ0) is 12.4. The van der Waals surface area contributed by atoms with Gasteiger partial charge in [0, 0.05) is 11.4 Å². The molecule has 0 saturated heterocycles. The summed E-state index contributed by atoms with van der Waals surface area (Å²) in [4.78, 5) is 8.38. The molecule has 0 radical (unpaired) electrons. The average molecular weight is 252 g/mol. The van der Waals surface area contributed by atoms with E-state index in [0.29, 0.717) is 0 Å². The quantitative estimate of drug-likeness (QED) is 0.852. The van der Waals surface area contributed by atoms with Crippen LogP contribution in [0.4, 0.5) is 5.82 Å². The highest BCUT2D eigenvalue weighted by atomic mass is 35.5. The fourth-order valence-corrected chi connectivity index (χ4v) is 1.77. The summed E-state index contributed by atoms with van der Waals surface area (Å²) in [5.74, 6) is 1.50. The zero-order valence-corrected chi connectivity index (χ0v) is 10.7. The summed E-state index contributed by atoms with van der Waals surface area (Å²) >= 11 is 5.89. The average Bonchev–Trinajstić information content (AvgIpc) is 2.27. The third kappa shape index (κ3) is 2.58. The molecule has 4 nitrogen and oxygen atoms in total. The van der Waals surface area contributed by atoms with Crippen LogP contribution in [-0.4, -0.2) is 23.1 Å². The largest absolute Gasteiger partial charge is 0.497 e. The number of aromatic nitrogens is 2. The van der Waals surface area contributed by atoms with Gasteiger partial charge in [-0.25, -0.2) is 9.97 Å². The first-order chi connectivity index (χ1) is 8.10. The van der Waals surface area contributed by atoms with Crippen LogP contribution in [0.2, 0.25) is 5.28 Å². The summed E-state index contributed by atoms with van der Waals surface area (Å²) in [5, 5.41) is 4.40. The van der Waals surface area contributed by atoms with E-state index in [2.05, 4.69) is 15.3 Å². The predicted molar refractivity (Wildman–Crippen MR) is 69.9 cm³/mol. The Kier molecular flexibility index (Phi) is 3.33. The summed E-state index contributed by atoms with van der Waals surface area (Å²) < 4.78 is 5.20. The molecule has 0 aliphatic rings. The van der Waals surface area contributed by atoms with Crippen LogP contribution < -0.4 is 10.1 Å². The molecule has 0 fully saturated rings. The van der Waals surface area contributed by atoms with E-state index in [1.165, 1.54) is 0 Å². The molecule has 0 unspecified atom stereocenters. The number of anilines is 1. The van der Waals surface area contributed by atoms with Crippen LogP contribution in [0.1, 0.15) is 13.8 Å². The van der Waals surface area contributed by atoms with Gasteiger partial charge in [0.15, 0.2) is 0 Å². The number of hydrogen-bond donors (Lipinski definition) is 1. The van der Waals surface area contributed by atoms with Gasteiger partial charge in [-0.2, -0.15) is 0 Å². The third-order valence-corrected chi connectivity index (χ3v) is 2.47. The normalized spacial score (nSPS) is 10.9. The van der Waals surface area contributed by atoms with E-state index >= 15 is 0 Å². The summed E-state index contributed by atoms with van der Waals surface area (Å²) in [6.07, 6.45) is 0. The smallest absolute Gasteiger partial charge is 0.224 e. The highest BCUT2D eigenvalue weighted by Gasteiger charge is 2.08. The molecule has 2 rings (SSSR count). The molecule has 5 heteroatoms. The fourth-order valence-electron chi connectivity index (χ4n) is 1.59. The Morgan fingerprint density at radius 3 is 2.71 bits per heavy atom. The number of ether oxygens (including phenoxy) is 1. The number of fused-ring (bicyclic) bond motifs is 1. The van der Waals surface area contributed by atoms with Crippen molar-refractivity contribution >= 4 is 28.3 Å². The minimum absolute atomic E-state index is 0.241. The van der Waals surface area contributed by atoms with Crippen LogP contribution in [0.25, 0.3) is 10.9 Å². The van der Waals surface area contributed by atoms with Gasteiger partial charge in [-0.15, -0.1) is 0 Å².